The Balaban J connectivity index is 0.00000242. The lowest BCUT2D eigenvalue weighted by Crippen LogP contribution is -2.41. The minimum Gasteiger partial charge on any atom is -0.338 e. The molecule has 0 aliphatic carbocycles. The Labute approximate surface area is 140 Å². The van der Waals surface area contributed by atoms with Crippen molar-refractivity contribution in [3.05, 3.63) is 35.9 Å². The molecule has 2 rings (SSSR count). The summed E-state index contributed by atoms with van der Waals surface area (Å²) in [5.41, 5.74) is 1.28. The lowest BCUT2D eigenvalue weighted by atomic mass is 9.85. The molecule has 0 bridgehead atoms. The van der Waals surface area contributed by atoms with E-state index in [1.807, 2.05) is 13.1 Å². The van der Waals surface area contributed by atoms with Crippen LogP contribution in [0.5, 0.6) is 0 Å². The normalized spacial score (nSPS) is 19.1. The van der Waals surface area contributed by atoms with Gasteiger partial charge in [-0.2, -0.15) is 0 Å². The molecule has 0 spiro atoms. The molecule has 4 heteroatoms. The third kappa shape index (κ3) is 4.72. The number of rotatable bonds is 6. The number of nitrogens with one attached hydrogen (secondary N) is 1. The van der Waals surface area contributed by atoms with Crippen LogP contribution in [0.4, 0.5) is 0 Å². The predicted octanol–water partition coefficient (Wildman–Crippen LogP) is 3.45. The van der Waals surface area contributed by atoms with E-state index in [4.69, 9.17) is 0 Å². The maximum atomic E-state index is 12.7. The van der Waals surface area contributed by atoms with E-state index in [0.29, 0.717) is 30.2 Å². The number of benzene rings is 1. The number of likely N-dealkylation sites (tertiary alicyclic amines) is 1. The van der Waals surface area contributed by atoms with Crippen LogP contribution in [0.3, 0.4) is 0 Å². The first-order valence-corrected chi connectivity index (χ1v) is 8.12. The van der Waals surface area contributed by atoms with Crippen molar-refractivity contribution in [2.45, 2.75) is 45.1 Å². The van der Waals surface area contributed by atoms with Gasteiger partial charge in [-0.15, -0.1) is 12.4 Å². The summed E-state index contributed by atoms with van der Waals surface area (Å²) < 4.78 is 0. The lowest BCUT2D eigenvalue weighted by Gasteiger charge is -2.28. The van der Waals surface area contributed by atoms with Crippen molar-refractivity contribution in [1.82, 2.24) is 10.2 Å². The number of carbonyl (C=O) groups is 1. The zero-order valence-corrected chi connectivity index (χ0v) is 14.7. The molecular formula is C18H29ClN2O. The van der Waals surface area contributed by atoms with Gasteiger partial charge in [-0.05, 0) is 37.3 Å². The molecule has 1 N–H and O–H groups in total. The van der Waals surface area contributed by atoms with Crippen LogP contribution in [0.25, 0.3) is 0 Å². The van der Waals surface area contributed by atoms with Gasteiger partial charge in [0.1, 0.15) is 0 Å². The van der Waals surface area contributed by atoms with Gasteiger partial charge < -0.3 is 10.2 Å². The van der Waals surface area contributed by atoms with Gasteiger partial charge in [-0.25, -0.2) is 0 Å². The average Bonchev–Trinajstić information content (AvgIpc) is 2.94. The van der Waals surface area contributed by atoms with Crippen LogP contribution in [-0.4, -0.2) is 37.0 Å². The molecule has 22 heavy (non-hydrogen) atoms. The molecule has 1 amide bonds. The molecule has 3 nitrogen and oxygen atoms in total. The molecule has 2 unspecified atom stereocenters. The number of hydrogen-bond donors (Lipinski definition) is 1. The van der Waals surface area contributed by atoms with Crippen LogP contribution < -0.4 is 5.32 Å². The summed E-state index contributed by atoms with van der Waals surface area (Å²) >= 11 is 0. The summed E-state index contributed by atoms with van der Waals surface area (Å²) in [5, 5.41) is 3.21. The Hall–Kier alpha value is -1.06. The first-order valence-electron chi connectivity index (χ1n) is 8.12. The smallest absolute Gasteiger partial charge is 0.223 e. The highest BCUT2D eigenvalue weighted by molar-refractivity contribution is 5.85. The van der Waals surface area contributed by atoms with Gasteiger partial charge in [-0.3, -0.25) is 4.79 Å². The predicted molar refractivity (Wildman–Crippen MR) is 94.5 cm³/mol. The van der Waals surface area contributed by atoms with E-state index in [-0.39, 0.29) is 12.4 Å². The fraction of sp³-hybridized carbons (Fsp3) is 0.611. The molecular weight excluding hydrogens is 296 g/mol. The van der Waals surface area contributed by atoms with Gasteiger partial charge in [0, 0.05) is 25.6 Å². The highest BCUT2D eigenvalue weighted by atomic mass is 35.5. The molecule has 0 radical (unpaired) electrons. The number of amides is 1. The van der Waals surface area contributed by atoms with Crippen molar-refractivity contribution in [2.24, 2.45) is 5.92 Å². The highest BCUT2D eigenvalue weighted by Crippen LogP contribution is 2.30. The number of nitrogens with zero attached hydrogens (tertiary/aromatic N) is 1. The summed E-state index contributed by atoms with van der Waals surface area (Å²) in [4.78, 5) is 14.8. The standard InChI is InChI=1S/C18H28N2O.ClH/c1-14(2)17(15-8-5-4-6-9-15)12-18(21)20-11-7-10-16(20)13-19-3;/h4-6,8-9,14,16-17,19H,7,10-13H2,1-3H3;1H. The summed E-state index contributed by atoms with van der Waals surface area (Å²) in [5.74, 6) is 1.10. The Morgan fingerprint density at radius 3 is 2.59 bits per heavy atom. The maximum Gasteiger partial charge on any atom is 0.223 e. The average molecular weight is 325 g/mol. The minimum atomic E-state index is 0. The second-order valence-corrected chi connectivity index (χ2v) is 6.41. The third-order valence-electron chi connectivity index (χ3n) is 4.56. The molecule has 1 saturated heterocycles. The SMILES string of the molecule is CNCC1CCCN1C(=O)CC(c1ccccc1)C(C)C.Cl. The van der Waals surface area contributed by atoms with E-state index in [1.165, 1.54) is 5.56 Å². The molecule has 0 aromatic heterocycles. The summed E-state index contributed by atoms with van der Waals surface area (Å²) in [6, 6.07) is 10.8. The van der Waals surface area contributed by atoms with Gasteiger partial charge in [-0.1, -0.05) is 44.2 Å². The van der Waals surface area contributed by atoms with Crippen LogP contribution >= 0.6 is 12.4 Å². The Morgan fingerprint density at radius 1 is 1.32 bits per heavy atom. The van der Waals surface area contributed by atoms with E-state index in [2.05, 4.69) is 48.3 Å². The van der Waals surface area contributed by atoms with Crippen molar-refractivity contribution in [1.29, 1.82) is 0 Å². The van der Waals surface area contributed by atoms with E-state index < -0.39 is 0 Å². The molecule has 2 atom stereocenters. The molecule has 1 aliphatic rings. The Kier molecular flexibility index (Phi) is 7.91. The van der Waals surface area contributed by atoms with Crippen molar-refractivity contribution in [3.63, 3.8) is 0 Å². The molecule has 1 aromatic rings. The topological polar surface area (TPSA) is 32.3 Å². The van der Waals surface area contributed by atoms with Crippen LogP contribution in [0.15, 0.2) is 30.3 Å². The van der Waals surface area contributed by atoms with Crippen molar-refractivity contribution < 1.29 is 4.79 Å². The quantitative estimate of drug-likeness (QED) is 0.869. The second kappa shape index (κ2) is 9.16. The van der Waals surface area contributed by atoms with E-state index in [0.717, 1.165) is 25.9 Å². The summed E-state index contributed by atoms with van der Waals surface area (Å²) in [6.45, 7) is 6.24. The summed E-state index contributed by atoms with van der Waals surface area (Å²) in [7, 11) is 1.96. The number of carbonyl (C=O) groups excluding carboxylic acids is 1. The van der Waals surface area contributed by atoms with Gasteiger partial charge in [0.15, 0.2) is 0 Å². The van der Waals surface area contributed by atoms with Gasteiger partial charge in [0.05, 0.1) is 0 Å². The van der Waals surface area contributed by atoms with Crippen molar-refractivity contribution >= 4 is 18.3 Å². The first kappa shape index (κ1) is 19.0. The first-order chi connectivity index (χ1) is 10.1. The van der Waals surface area contributed by atoms with Crippen molar-refractivity contribution in [2.75, 3.05) is 20.1 Å². The van der Waals surface area contributed by atoms with E-state index >= 15 is 0 Å². The van der Waals surface area contributed by atoms with E-state index in [1.54, 1.807) is 0 Å². The Morgan fingerprint density at radius 2 is 2.00 bits per heavy atom. The summed E-state index contributed by atoms with van der Waals surface area (Å²) in [6.07, 6.45) is 2.89. The number of halogens is 1. The second-order valence-electron chi connectivity index (χ2n) is 6.41. The molecule has 0 saturated carbocycles. The molecule has 1 fully saturated rings. The van der Waals surface area contributed by atoms with Crippen LogP contribution in [0.2, 0.25) is 0 Å². The third-order valence-corrected chi connectivity index (χ3v) is 4.56. The maximum absolute atomic E-state index is 12.7. The monoisotopic (exact) mass is 324 g/mol. The van der Waals surface area contributed by atoms with Gasteiger partial charge in [0.2, 0.25) is 5.91 Å². The van der Waals surface area contributed by atoms with Gasteiger partial charge in [0.25, 0.3) is 0 Å². The number of hydrogen-bond acceptors (Lipinski definition) is 2. The van der Waals surface area contributed by atoms with E-state index in [9.17, 15) is 4.79 Å². The molecule has 1 heterocycles. The zero-order valence-electron chi connectivity index (χ0n) is 13.9. The molecule has 124 valence electrons. The molecule has 1 aliphatic heterocycles. The lowest BCUT2D eigenvalue weighted by molar-refractivity contribution is -0.132. The highest BCUT2D eigenvalue weighted by Gasteiger charge is 2.30. The zero-order chi connectivity index (χ0) is 15.2. The van der Waals surface area contributed by atoms with Crippen molar-refractivity contribution in [3.8, 4) is 0 Å². The fourth-order valence-electron chi connectivity index (χ4n) is 3.36. The Bertz CT molecular complexity index is 450. The van der Waals surface area contributed by atoms with Crippen LogP contribution in [-0.2, 0) is 4.79 Å². The fourth-order valence-corrected chi connectivity index (χ4v) is 3.36. The minimum absolute atomic E-state index is 0. The van der Waals surface area contributed by atoms with Crippen LogP contribution in [0, 0.1) is 5.92 Å². The van der Waals surface area contributed by atoms with Gasteiger partial charge >= 0.3 is 0 Å². The molecule has 1 aromatic carbocycles. The van der Waals surface area contributed by atoms with Crippen LogP contribution in [0.1, 0.15) is 44.6 Å². The largest absolute Gasteiger partial charge is 0.338 e. The number of likely N-dealkylation sites (N-methyl/N-ethyl adjacent to an activating group) is 1.